The molecule has 3 rings (SSSR count). The molecule has 0 aromatic heterocycles. The van der Waals surface area contributed by atoms with E-state index in [1.165, 1.54) is 69.0 Å². The third kappa shape index (κ3) is 12.2. The molecule has 1 unspecified atom stereocenters. The summed E-state index contributed by atoms with van der Waals surface area (Å²) in [6.45, 7) is 16.2. The highest BCUT2D eigenvalue weighted by molar-refractivity contribution is 5.87. The number of likely N-dealkylation sites (tertiary alicyclic amines) is 1. The Kier molecular flexibility index (Phi) is 14.0. The summed E-state index contributed by atoms with van der Waals surface area (Å²) in [5, 5.41) is 6.42. The topological polar surface area (TPSA) is 64.7 Å². The summed E-state index contributed by atoms with van der Waals surface area (Å²) in [6.07, 6.45) is 15.6. The highest BCUT2D eigenvalue weighted by atomic mass is 16.2. The minimum atomic E-state index is -0.535. The van der Waals surface area contributed by atoms with Crippen LogP contribution < -0.4 is 15.5 Å². The van der Waals surface area contributed by atoms with Gasteiger partial charge in [-0.15, -0.1) is 0 Å². The van der Waals surface area contributed by atoms with E-state index in [2.05, 4.69) is 81.3 Å². The first-order valence-corrected chi connectivity index (χ1v) is 17.2. The monoisotopic (exact) mass is 582 g/mol. The number of carbonyl (C=O) groups is 2. The van der Waals surface area contributed by atoms with Crippen LogP contribution in [0.2, 0.25) is 0 Å². The average molecular weight is 583 g/mol. The fraction of sp³-hybridized carbons (Fsp3) is 0.778. The lowest BCUT2D eigenvalue weighted by atomic mass is 9.85. The smallest absolute Gasteiger partial charge is 0.318 e. The lowest BCUT2D eigenvalue weighted by molar-refractivity contribution is -0.124. The van der Waals surface area contributed by atoms with E-state index >= 15 is 0 Å². The first-order chi connectivity index (χ1) is 20.0. The van der Waals surface area contributed by atoms with Gasteiger partial charge in [-0.25, -0.2) is 4.79 Å². The van der Waals surface area contributed by atoms with Crippen LogP contribution in [0, 0.1) is 17.8 Å². The zero-order chi connectivity index (χ0) is 30.5. The van der Waals surface area contributed by atoms with Crippen molar-refractivity contribution in [3.63, 3.8) is 0 Å². The highest BCUT2D eigenvalue weighted by Crippen LogP contribution is 2.28. The first-order valence-electron chi connectivity index (χ1n) is 17.2. The molecule has 2 N–H and O–H groups in total. The van der Waals surface area contributed by atoms with E-state index in [1.807, 2.05) is 4.90 Å². The second kappa shape index (κ2) is 17.2. The molecule has 1 atom stereocenters. The van der Waals surface area contributed by atoms with Crippen LogP contribution in [0.1, 0.15) is 124 Å². The Balaban J connectivity index is 1.64. The Morgan fingerprint density at radius 1 is 0.905 bits per heavy atom. The van der Waals surface area contributed by atoms with Crippen LogP contribution in [0.4, 0.5) is 10.5 Å². The number of hydrogen-bond donors (Lipinski definition) is 2. The molecule has 1 heterocycles. The largest absolute Gasteiger partial charge is 0.369 e. The quantitative estimate of drug-likeness (QED) is 0.234. The predicted molar refractivity (Wildman–Crippen MR) is 177 cm³/mol. The Labute approximate surface area is 257 Å². The summed E-state index contributed by atoms with van der Waals surface area (Å²) in [5.74, 6) is 1.72. The number of rotatable bonds is 14. The minimum Gasteiger partial charge on any atom is -0.369 e. The van der Waals surface area contributed by atoms with Crippen LogP contribution in [0.3, 0.4) is 0 Å². The van der Waals surface area contributed by atoms with Crippen LogP contribution >= 0.6 is 0 Å². The van der Waals surface area contributed by atoms with Crippen molar-refractivity contribution >= 4 is 17.6 Å². The second-order valence-electron chi connectivity index (χ2n) is 14.7. The summed E-state index contributed by atoms with van der Waals surface area (Å²) < 4.78 is 0. The predicted octanol–water partition coefficient (Wildman–Crippen LogP) is 7.95. The maximum atomic E-state index is 13.6. The third-order valence-electron chi connectivity index (χ3n) is 9.11. The van der Waals surface area contributed by atoms with Gasteiger partial charge in [0.1, 0.15) is 6.04 Å². The maximum Gasteiger partial charge on any atom is 0.318 e. The standard InChI is InChI=1S/C36H62N4O2/c1-28(2)22-25-40(32-20-18-31(19-21-32)17-16-30-14-10-9-11-15-30)27-36(5,6)38-34(41)33(26-29(3)4)37-35(42)39-23-12-7-8-13-24-39/h18-21,28-30,33H,7-17,22-27H2,1-6H3,(H,37,42)(H,38,41). The molecule has 2 fully saturated rings. The molecule has 1 aromatic carbocycles. The molecule has 2 aliphatic rings. The molecule has 0 spiro atoms. The molecular formula is C36H62N4O2. The molecule has 238 valence electrons. The van der Waals surface area contributed by atoms with Gasteiger partial charge < -0.3 is 20.4 Å². The number of nitrogens with zero attached hydrogens (tertiary/aromatic N) is 2. The maximum absolute atomic E-state index is 13.6. The van der Waals surface area contributed by atoms with Crippen LogP contribution in [-0.4, -0.2) is 54.6 Å². The van der Waals surface area contributed by atoms with Gasteiger partial charge in [0.25, 0.3) is 0 Å². The Bertz CT molecular complexity index is 928. The number of anilines is 1. The van der Waals surface area contributed by atoms with Crippen molar-refractivity contribution in [2.75, 3.05) is 31.1 Å². The SMILES string of the molecule is CC(C)CCN(CC(C)(C)NC(=O)C(CC(C)C)NC(=O)N1CCCCCC1)c1ccc(CCC2CCCCC2)cc1. The molecular weight excluding hydrogens is 520 g/mol. The molecule has 6 heteroatoms. The Morgan fingerprint density at radius 2 is 1.52 bits per heavy atom. The van der Waals surface area contributed by atoms with Crippen molar-refractivity contribution in [1.82, 2.24) is 15.5 Å². The fourth-order valence-electron chi connectivity index (χ4n) is 6.59. The molecule has 0 radical (unpaired) electrons. The van der Waals surface area contributed by atoms with Crippen LogP contribution in [0.15, 0.2) is 24.3 Å². The van der Waals surface area contributed by atoms with E-state index in [1.54, 1.807) is 0 Å². The van der Waals surface area contributed by atoms with Crippen LogP contribution in [-0.2, 0) is 11.2 Å². The zero-order valence-electron chi connectivity index (χ0n) is 27.9. The number of nitrogens with one attached hydrogen (secondary N) is 2. The van der Waals surface area contributed by atoms with E-state index in [0.717, 1.165) is 44.8 Å². The molecule has 3 amide bonds. The summed E-state index contributed by atoms with van der Waals surface area (Å²) in [6, 6.07) is 8.53. The van der Waals surface area contributed by atoms with E-state index in [-0.39, 0.29) is 11.9 Å². The Hall–Kier alpha value is -2.24. The van der Waals surface area contributed by atoms with Gasteiger partial charge in [0.05, 0.1) is 5.54 Å². The van der Waals surface area contributed by atoms with E-state index in [9.17, 15) is 9.59 Å². The molecule has 1 saturated heterocycles. The zero-order valence-corrected chi connectivity index (χ0v) is 27.9. The average Bonchev–Trinajstić information content (AvgIpc) is 3.24. The number of hydrogen-bond acceptors (Lipinski definition) is 3. The summed E-state index contributed by atoms with van der Waals surface area (Å²) in [4.78, 5) is 31.1. The number of carbonyl (C=O) groups excluding carboxylic acids is 2. The van der Waals surface area contributed by atoms with E-state index in [0.29, 0.717) is 24.8 Å². The second-order valence-corrected chi connectivity index (χ2v) is 14.7. The van der Waals surface area contributed by atoms with Crippen LogP contribution in [0.5, 0.6) is 0 Å². The number of aryl methyl sites for hydroxylation is 1. The van der Waals surface area contributed by atoms with Gasteiger partial charge in [0, 0.05) is 31.9 Å². The Morgan fingerprint density at radius 3 is 2.12 bits per heavy atom. The van der Waals surface area contributed by atoms with E-state index in [4.69, 9.17) is 0 Å². The first kappa shape index (κ1) is 34.3. The van der Waals surface area contributed by atoms with Crippen molar-refractivity contribution in [2.24, 2.45) is 17.8 Å². The molecule has 42 heavy (non-hydrogen) atoms. The highest BCUT2D eigenvalue weighted by Gasteiger charge is 2.30. The normalized spacial score (nSPS) is 17.7. The van der Waals surface area contributed by atoms with Crippen molar-refractivity contribution < 1.29 is 9.59 Å². The molecule has 1 aliphatic heterocycles. The van der Waals surface area contributed by atoms with E-state index < -0.39 is 11.6 Å². The van der Waals surface area contributed by atoms with Gasteiger partial charge in [0.15, 0.2) is 0 Å². The van der Waals surface area contributed by atoms with Gasteiger partial charge in [-0.1, -0.05) is 84.8 Å². The van der Waals surface area contributed by atoms with Crippen molar-refractivity contribution in [3.05, 3.63) is 29.8 Å². The van der Waals surface area contributed by atoms with Crippen molar-refractivity contribution in [2.45, 2.75) is 137 Å². The summed E-state index contributed by atoms with van der Waals surface area (Å²) in [5.41, 5.74) is 2.18. The summed E-state index contributed by atoms with van der Waals surface area (Å²) in [7, 11) is 0. The molecule has 1 aromatic rings. The molecule has 6 nitrogen and oxygen atoms in total. The minimum absolute atomic E-state index is 0.0845. The number of urea groups is 1. The van der Waals surface area contributed by atoms with Crippen LogP contribution in [0.25, 0.3) is 0 Å². The fourth-order valence-corrected chi connectivity index (χ4v) is 6.59. The number of benzene rings is 1. The molecule has 1 saturated carbocycles. The lowest BCUT2D eigenvalue weighted by Gasteiger charge is -2.37. The van der Waals surface area contributed by atoms with Crippen molar-refractivity contribution in [3.8, 4) is 0 Å². The van der Waals surface area contributed by atoms with Gasteiger partial charge >= 0.3 is 6.03 Å². The third-order valence-corrected chi connectivity index (χ3v) is 9.11. The van der Waals surface area contributed by atoms with Gasteiger partial charge in [-0.05, 0) is 87.8 Å². The lowest BCUT2D eigenvalue weighted by Crippen LogP contribution is -2.58. The van der Waals surface area contributed by atoms with Crippen molar-refractivity contribution in [1.29, 1.82) is 0 Å². The molecule has 0 bridgehead atoms. The van der Waals surface area contributed by atoms with Gasteiger partial charge in [-0.2, -0.15) is 0 Å². The molecule has 1 aliphatic carbocycles. The summed E-state index contributed by atoms with van der Waals surface area (Å²) >= 11 is 0. The van der Waals surface area contributed by atoms with Gasteiger partial charge in [0.2, 0.25) is 5.91 Å². The van der Waals surface area contributed by atoms with Gasteiger partial charge in [-0.3, -0.25) is 4.79 Å². The number of amides is 3.